The summed E-state index contributed by atoms with van der Waals surface area (Å²) in [5.41, 5.74) is -1.03. The molecule has 1 N–H and O–H groups in total. The average molecular weight is 224 g/mol. The van der Waals surface area contributed by atoms with Crippen LogP contribution in [0.25, 0.3) is 0 Å². The number of phenolic OH excluding ortho intramolecular Hbond substituents is 1. The van der Waals surface area contributed by atoms with E-state index in [0.29, 0.717) is 12.2 Å². The Morgan fingerprint density at radius 3 is 2.69 bits per heavy atom. The Labute approximate surface area is 94.8 Å². The highest BCUT2D eigenvalue weighted by Crippen LogP contribution is 2.25. The second-order valence-electron chi connectivity index (χ2n) is 3.68. The summed E-state index contributed by atoms with van der Waals surface area (Å²) in [5, 5.41) is 9.28. The molecule has 0 saturated heterocycles. The van der Waals surface area contributed by atoms with Gasteiger partial charge in [0.1, 0.15) is 11.5 Å². The van der Waals surface area contributed by atoms with Crippen molar-refractivity contribution in [2.24, 2.45) is 0 Å². The number of aromatic hydroxyl groups is 1. The van der Waals surface area contributed by atoms with E-state index in [9.17, 15) is 9.90 Å². The minimum Gasteiger partial charge on any atom is -0.508 e. The Hall–Kier alpha value is -1.71. The van der Waals surface area contributed by atoms with Crippen LogP contribution in [0.5, 0.6) is 11.5 Å². The van der Waals surface area contributed by atoms with Crippen LogP contribution in [0.1, 0.15) is 20.3 Å². The maximum atomic E-state index is 11.5. The lowest BCUT2D eigenvalue weighted by molar-refractivity contribution is -0.157. The van der Waals surface area contributed by atoms with Gasteiger partial charge in [-0.1, -0.05) is 13.0 Å². The number of ether oxygens (including phenoxy) is 2. The molecule has 0 unspecified atom stereocenters. The molecule has 0 heterocycles. The van der Waals surface area contributed by atoms with Gasteiger partial charge in [-0.05, 0) is 25.5 Å². The third-order valence-corrected chi connectivity index (χ3v) is 2.45. The Kier molecular flexibility index (Phi) is 3.77. The molecule has 88 valence electrons. The first-order chi connectivity index (χ1) is 7.51. The van der Waals surface area contributed by atoms with Gasteiger partial charge >= 0.3 is 5.97 Å². The van der Waals surface area contributed by atoms with E-state index in [4.69, 9.17) is 4.74 Å². The highest BCUT2D eigenvalue weighted by Gasteiger charge is 2.34. The first-order valence-corrected chi connectivity index (χ1v) is 5.08. The molecule has 0 fully saturated rings. The van der Waals surface area contributed by atoms with Crippen LogP contribution in [-0.4, -0.2) is 23.8 Å². The number of carbonyl (C=O) groups is 1. The SMILES string of the molecule is CC[C@](C)(Oc1cccc(O)c1)C(=O)OC. The smallest absolute Gasteiger partial charge is 0.349 e. The van der Waals surface area contributed by atoms with Gasteiger partial charge in [-0.3, -0.25) is 0 Å². The van der Waals surface area contributed by atoms with Crippen molar-refractivity contribution in [1.29, 1.82) is 0 Å². The van der Waals surface area contributed by atoms with Crippen molar-refractivity contribution >= 4 is 5.97 Å². The Balaban J connectivity index is 2.89. The monoisotopic (exact) mass is 224 g/mol. The second-order valence-corrected chi connectivity index (χ2v) is 3.68. The fourth-order valence-electron chi connectivity index (χ4n) is 1.28. The largest absolute Gasteiger partial charge is 0.508 e. The maximum Gasteiger partial charge on any atom is 0.349 e. The molecule has 1 atom stereocenters. The van der Waals surface area contributed by atoms with Gasteiger partial charge in [0.15, 0.2) is 0 Å². The number of hydrogen-bond donors (Lipinski definition) is 1. The molecule has 0 bridgehead atoms. The highest BCUT2D eigenvalue weighted by atomic mass is 16.6. The van der Waals surface area contributed by atoms with Gasteiger partial charge in [-0.2, -0.15) is 0 Å². The summed E-state index contributed by atoms with van der Waals surface area (Å²) in [5.74, 6) is 0.105. The summed E-state index contributed by atoms with van der Waals surface area (Å²) in [6, 6.07) is 6.32. The number of carbonyl (C=O) groups excluding carboxylic acids is 1. The van der Waals surface area contributed by atoms with Gasteiger partial charge in [0.25, 0.3) is 0 Å². The molecular formula is C12H16O4. The number of methoxy groups -OCH3 is 1. The van der Waals surface area contributed by atoms with E-state index >= 15 is 0 Å². The highest BCUT2D eigenvalue weighted by molar-refractivity contribution is 5.79. The standard InChI is InChI=1S/C12H16O4/c1-4-12(2,11(14)15-3)16-10-7-5-6-9(13)8-10/h5-8,13H,4H2,1-3H3/t12-/m0/s1. The zero-order chi connectivity index (χ0) is 12.2. The third-order valence-electron chi connectivity index (χ3n) is 2.45. The van der Waals surface area contributed by atoms with Crippen molar-refractivity contribution in [1.82, 2.24) is 0 Å². The van der Waals surface area contributed by atoms with Crippen LogP contribution in [0.4, 0.5) is 0 Å². The first kappa shape index (κ1) is 12.4. The van der Waals surface area contributed by atoms with E-state index in [1.165, 1.54) is 19.2 Å². The molecule has 0 aliphatic heterocycles. The van der Waals surface area contributed by atoms with Crippen LogP contribution in [0.15, 0.2) is 24.3 Å². The molecule has 0 amide bonds. The zero-order valence-corrected chi connectivity index (χ0v) is 9.69. The maximum absolute atomic E-state index is 11.5. The van der Waals surface area contributed by atoms with Gasteiger partial charge < -0.3 is 14.6 Å². The van der Waals surface area contributed by atoms with Crippen LogP contribution in [0.3, 0.4) is 0 Å². The van der Waals surface area contributed by atoms with Crippen molar-refractivity contribution in [3.63, 3.8) is 0 Å². The molecule has 0 aliphatic rings. The predicted molar refractivity (Wildman–Crippen MR) is 59.4 cm³/mol. The molecule has 4 nitrogen and oxygen atoms in total. The van der Waals surface area contributed by atoms with E-state index in [-0.39, 0.29) is 5.75 Å². The van der Waals surface area contributed by atoms with E-state index in [1.54, 1.807) is 19.1 Å². The van der Waals surface area contributed by atoms with Crippen LogP contribution >= 0.6 is 0 Å². The van der Waals surface area contributed by atoms with Gasteiger partial charge in [0, 0.05) is 6.07 Å². The fourth-order valence-corrected chi connectivity index (χ4v) is 1.28. The van der Waals surface area contributed by atoms with Crippen molar-refractivity contribution in [3.05, 3.63) is 24.3 Å². The van der Waals surface area contributed by atoms with Crippen molar-refractivity contribution in [2.75, 3.05) is 7.11 Å². The molecule has 16 heavy (non-hydrogen) atoms. The summed E-state index contributed by atoms with van der Waals surface area (Å²) >= 11 is 0. The van der Waals surface area contributed by atoms with Gasteiger partial charge in [-0.25, -0.2) is 4.79 Å². The number of hydrogen-bond acceptors (Lipinski definition) is 4. The lowest BCUT2D eigenvalue weighted by Crippen LogP contribution is -2.41. The van der Waals surface area contributed by atoms with Gasteiger partial charge in [0.2, 0.25) is 5.60 Å². The molecule has 1 aromatic rings. The van der Waals surface area contributed by atoms with Crippen LogP contribution in [-0.2, 0) is 9.53 Å². The molecular weight excluding hydrogens is 208 g/mol. The number of benzene rings is 1. The Morgan fingerprint density at radius 1 is 1.50 bits per heavy atom. The molecule has 1 aromatic carbocycles. The molecule has 4 heteroatoms. The number of rotatable bonds is 4. The molecule has 0 aliphatic carbocycles. The summed E-state index contributed by atoms with van der Waals surface area (Å²) < 4.78 is 10.2. The average Bonchev–Trinajstić information content (AvgIpc) is 2.27. The van der Waals surface area contributed by atoms with Crippen molar-refractivity contribution < 1.29 is 19.4 Å². The normalized spacial score (nSPS) is 13.9. The molecule has 0 saturated carbocycles. The number of phenols is 1. The molecule has 0 aromatic heterocycles. The molecule has 1 rings (SSSR count). The van der Waals surface area contributed by atoms with Crippen molar-refractivity contribution in [3.8, 4) is 11.5 Å². The fraction of sp³-hybridized carbons (Fsp3) is 0.417. The third kappa shape index (κ3) is 2.66. The van der Waals surface area contributed by atoms with Crippen LogP contribution in [0.2, 0.25) is 0 Å². The first-order valence-electron chi connectivity index (χ1n) is 5.08. The summed E-state index contributed by atoms with van der Waals surface area (Å²) in [7, 11) is 1.32. The summed E-state index contributed by atoms with van der Waals surface area (Å²) in [6.07, 6.45) is 0.481. The van der Waals surface area contributed by atoms with E-state index in [0.717, 1.165) is 0 Å². The summed E-state index contributed by atoms with van der Waals surface area (Å²) in [6.45, 7) is 3.49. The van der Waals surface area contributed by atoms with Crippen LogP contribution in [0, 0.1) is 0 Å². The Bertz CT molecular complexity index is 375. The van der Waals surface area contributed by atoms with Gasteiger partial charge in [0.05, 0.1) is 7.11 Å². The van der Waals surface area contributed by atoms with Crippen molar-refractivity contribution in [2.45, 2.75) is 25.9 Å². The number of esters is 1. The lowest BCUT2D eigenvalue weighted by Gasteiger charge is -2.26. The quantitative estimate of drug-likeness (QED) is 0.796. The second kappa shape index (κ2) is 4.88. The van der Waals surface area contributed by atoms with E-state index in [2.05, 4.69) is 4.74 Å². The summed E-state index contributed by atoms with van der Waals surface area (Å²) in [4.78, 5) is 11.5. The minimum atomic E-state index is -1.03. The zero-order valence-electron chi connectivity index (χ0n) is 9.69. The predicted octanol–water partition coefficient (Wildman–Crippen LogP) is 2.11. The molecule has 0 radical (unpaired) electrons. The molecule has 0 spiro atoms. The van der Waals surface area contributed by atoms with Crippen LogP contribution < -0.4 is 4.74 Å². The lowest BCUT2D eigenvalue weighted by atomic mass is 10.0. The van der Waals surface area contributed by atoms with E-state index < -0.39 is 11.6 Å². The topological polar surface area (TPSA) is 55.8 Å². The Morgan fingerprint density at radius 2 is 2.19 bits per heavy atom. The van der Waals surface area contributed by atoms with E-state index in [1.807, 2.05) is 6.92 Å². The van der Waals surface area contributed by atoms with Gasteiger partial charge in [-0.15, -0.1) is 0 Å². The minimum absolute atomic E-state index is 0.0980.